The molecule has 0 bridgehead atoms. The number of benzene rings is 2. The summed E-state index contributed by atoms with van der Waals surface area (Å²) in [7, 11) is 0. The second kappa shape index (κ2) is 10.7. The average Bonchev–Trinajstić information content (AvgIpc) is 3.39. The van der Waals surface area contributed by atoms with E-state index >= 15 is 0 Å². The first-order valence-corrected chi connectivity index (χ1v) is 12.1. The summed E-state index contributed by atoms with van der Waals surface area (Å²) in [5.41, 5.74) is 3.67. The largest absolute Gasteiger partial charge is 0.342 e. The fourth-order valence-corrected chi connectivity index (χ4v) is 4.54. The van der Waals surface area contributed by atoms with Crippen molar-refractivity contribution in [3.63, 3.8) is 0 Å². The highest BCUT2D eigenvalue weighted by Crippen LogP contribution is 2.23. The third-order valence-corrected chi connectivity index (χ3v) is 6.66. The third-order valence-electron chi connectivity index (χ3n) is 6.66. The molecule has 4 rings (SSSR count). The van der Waals surface area contributed by atoms with Gasteiger partial charge in [-0.3, -0.25) is 19.2 Å². The van der Waals surface area contributed by atoms with Crippen LogP contribution >= 0.6 is 0 Å². The quantitative estimate of drug-likeness (QED) is 0.612. The van der Waals surface area contributed by atoms with Crippen molar-refractivity contribution in [2.24, 2.45) is 11.8 Å². The van der Waals surface area contributed by atoms with Gasteiger partial charge in [0.25, 0.3) is 0 Å². The van der Waals surface area contributed by atoms with Gasteiger partial charge in [0.2, 0.25) is 23.6 Å². The van der Waals surface area contributed by atoms with E-state index in [2.05, 4.69) is 10.6 Å². The molecule has 0 saturated carbocycles. The molecule has 0 unspecified atom stereocenters. The molecule has 0 radical (unpaired) electrons. The first kappa shape index (κ1) is 24.4. The highest BCUT2D eigenvalue weighted by atomic mass is 16.2. The lowest BCUT2D eigenvalue weighted by atomic mass is 10.1. The summed E-state index contributed by atoms with van der Waals surface area (Å²) in [6.45, 7) is 5.69. The fourth-order valence-electron chi connectivity index (χ4n) is 4.54. The number of nitrogens with zero attached hydrogens (tertiary/aromatic N) is 2. The minimum absolute atomic E-state index is 0.0443. The summed E-state index contributed by atoms with van der Waals surface area (Å²) in [6.07, 6.45) is 0.999. The van der Waals surface area contributed by atoms with Gasteiger partial charge in [-0.05, 0) is 44.5 Å². The Kier molecular flexibility index (Phi) is 7.48. The molecule has 2 atom stereocenters. The number of carbonyl (C=O) groups is 4. The molecule has 35 heavy (non-hydrogen) atoms. The van der Waals surface area contributed by atoms with Crippen LogP contribution in [0.25, 0.3) is 0 Å². The fraction of sp³-hybridized carbons (Fsp3) is 0.407. The van der Waals surface area contributed by atoms with Crippen LogP contribution in [0, 0.1) is 25.7 Å². The third kappa shape index (κ3) is 6.26. The van der Waals surface area contributed by atoms with Crippen molar-refractivity contribution >= 4 is 35.0 Å². The van der Waals surface area contributed by atoms with Gasteiger partial charge in [0.15, 0.2) is 0 Å². The van der Waals surface area contributed by atoms with E-state index in [0.29, 0.717) is 32.6 Å². The average molecular weight is 477 g/mol. The highest BCUT2D eigenvalue weighted by molar-refractivity contribution is 5.98. The maximum atomic E-state index is 12.6. The lowest BCUT2D eigenvalue weighted by molar-refractivity contribution is -0.129. The monoisotopic (exact) mass is 476 g/mol. The molecule has 2 aromatic rings. The van der Waals surface area contributed by atoms with Crippen molar-refractivity contribution in [1.82, 2.24) is 9.80 Å². The van der Waals surface area contributed by atoms with Crippen molar-refractivity contribution in [3.8, 4) is 0 Å². The standard InChI is InChI=1S/C27H32N4O4/c1-18-4-8-22(9-5-18)28-26(34)20-14-24(32)30(16-20)12-3-13-31-17-21(15-25(31)33)27(35)29-23-10-6-19(2)7-11-23/h4-11,20-21H,3,12-17H2,1-2H3,(H,28,34)(H,29,35)/t20-,21+. The Morgan fingerprint density at radius 2 is 1.09 bits per heavy atom. The number of carbonyl (C=O) groups excluding carboxylic acids is 4. The van der Waals surface area contributed by atoms with E-state index in [4.69, 9.17) is 0 Å². The van der Waals surface area contributed by atoms with Crippen LogP contribution in [0.3, 0.4) is 0 Å². The number of likely N-dealkylation sites (tertiary alicyclic amines) is 2. The maximum absolute atomic E-state index is 12.6. The molecule has 2 aliphatic heterocycles. The molecule has 2 N–H and O–H groups in total. The van der Waals surface area contributed by atoms with Crippen molar-refractivity contribution < 1.29 is 19.2 Å². The molecule has 8 nitrogen and oxygen atoms in total. The van der Waals surface area contributed by atoms with Gasteiger partial charge in [-0.1, -0.05) is 35.4 Å². The first-order chi connectivity index (χ1) is 16.8. The van der Waals surface area contributed by atoms with Crippen LogP contribution in [0.1, 0.15) is 30.4 Å². The Labute approximate surface area is 205 Å². The number of nitrogens with one attached hydrogen (secondary N) is 2. The summed E-state index contributed by atoms with van der Waals surface area (Å²) < 4.78 is 0. The zero-order chi connectivity index (χ0) is 24.9. The zero-order valence-corrected chi connectivity index (χ0v) is 20.3. The van der Waals surface area contributed by atoms with E-state index in [-0.39, 0.29) is 48.3 Å². The number of hydrogen-bond acceptors (Lipinski definition) is 4. The summed E-state index contributed by atoms with van der Waals surface area (Å²) in [4.78, 5) is 53.4. The van der Waals surface area contributed by atoms with E-state index in [0.717, 1.165) is 22.5 Å². The van der Waals surface area contributed by atoms with Crippen LogP contribution in [0.2, 0.25) is 0 Å². The van der Waals surface area contributed by atoms with E-state index in [1.165, 1.54) is 0 Å². The van der Waals surface area contributed by atoms with Crippen molar-refractivity contribution in [1.29, 1.82) is 0 Å². The second-order valence-electron chi connectivity index (χ2n) is 9.55. The maximum Gasteiger partial charge on any atom is 0.229 e. The van der Waals surface area contributed by atoms with Crippen molar-refractivity contribution in [3.05, 3.63) is 59.7 Å². The Morgan fingerprint density at radius 1 is 0.714 bits per heavy atom. The van der Waals surface area contributed by atoms with Crippen LogP contribution in [-0.4, -0.2) is 59.6 Å². The summed E-state index contributed by atoms with van der Waals surface area (Å²) in [6, 6.07) is 15.1. The number of anilines is 2. The van der Waals surface area contributed by atoms with Gasteiger partial charge in [-0.25, -0.2) is 0 Å². The lowest BCUT2D eigenvalue weighted by Crippen LogP contribution is -2.33. The smallest absolute Gasteiger partial charge is 0.229 e. The van der Waals surface area contributed by atoms with Crippen LogP contribution in [-0.2, 0) is 19.2 Å². The molecule has 2 saturated heterocycles. The Morgan fingerprint density at radius 3 is 1.46 bits per heavy atom. The predicted molar refractivity (Wildman–Crippen MR) is 134 cm³/mol. The summed E-state index contributed by atoms with van der Waals surface area (Å²) in [5.74, 6) is -1.16. The van der Waals surface area contributed by atoms with E-state index in [1.807, 2.05) is 62.4 Å². The van der Waals surface area contributed by atoms with Crippen molar-refractivity contribution in [2.45, 2.75) is 33.1 Å². The van der Waals surface area contributed by atoms with E-state index in [1.54, 1.807) is 9.80 Å². The number of rotatable bonds is 8. The Hall–Kier alpha value is -3.68. The van der Waals surface area contributed by atoms with Crippen molar-refractivity contribution in [2.75, 3.05) is 36.8 Å². The molecule has 2 heterocycles. The highest BCUT2D eigenvalue weighted by Gasteiger charge is 2.36. The number of amides is 4. The molecule has 2 aromatic carbocycles. The van der Waals surface area contributed by atoms with Gasteiger partial charge in [-0.2, -0.15) is 0 Å². The minimum atomic E-state index is -0.382. The Balaban J connectivity index is 1.20. The van der Waals surface area contributed by atoms with Crippen LogP contribution < -0.4 is 10.6 Å². The number of hydrogen-bond donors (Lipinski definition) is 2. The molecule has 184 valence electrons. The molecule has 2 aliphatic rings. The molecule has 4 amide bonds. The molecular formula is C27H32N4O4. The van der Waals surface area contributed by atoms with Gasteiger partial charge in [0.1, 0.15) is 0 Å². The van der Waals surface area contributed by atoms with Crippen LogP contribution in [0.4, 0.5) is 11.4 Å². The summed E-state index contributed by atoms with van der Waals surface area (Å²) in [5, 5.41) is 5.77. The first-order valence-electron chi connectivity index (χ1n) is 12.1. The number of aryl methyl sites for hydroxylation is 2. The normalized spacial score (nSPS) is 19.8. The minimum Gasteiger partial charge on any atom is -0.342 e. The molecule has 0 aromatic heterocycles. The van der Waals surface area contributed by atoms with Gasteiger partial charge < -0.3 is 20.4 Å². The van der Waals surface area contributed by atoms with Gasteiger partial charge >= 0.3 is 0 Å². The molecule has 0 spiro atoms. The van der Waals surface area contributed by atoms with Crippen LogP contribution in [0.5, 0.6) is 0 Å². The zero-order valence-electron chi connectivity index (χ0n) is 20.3. The summed E-state index contributed by atoms with van der Waals surface area (Å²) >= 11 is 0. The van der Waals surface area contributed by atoms with Gasteiger partial charge in [0.05, 0.1) is 11.8 Å². The topological polar surface area (TPSA) is 98.8 Å². The lowest BCUT2D eigenvalue weighted by Gasteiger charge is -2.20. The second-order valence-corrected chi connectivity index (χ2v) is 9.55. The molecule has 8 heteroatoms. The molecule has 2 fully saturated rings. The van der Waals surface area contributed by atoms with E-state index < -0.39 is 0 Å². The van der Waals surface area contributed by atoms with Gasteiger partial charge in [0, 0.05) is 50.4 Å². The Bertz CT molecular complexity index is 1010. The SMILES string of the molecule is Cc1ccc(NC(=O)[C@@H]2CC(=O)N(CCCN3C[C@@H](C(=O)Nc4ccc(C)cc4)CC3=O)C2)cc1. The molecule has 0 aliphatic carbocycles. The van der Waals surface area contributed by atoms with Crippen LogP contribution in [0.15, 0.2) is 48.5 Å². The van der Waals surface area contributed by atoms with E-state index in [9.17, 15) is 19.2 Å². The molecular weight excluding hydrogens is 444 g/mol. The predicted octanol–water partition coefficient (Wildman–Crippen LogP) is 2.97. The van der Waals surface area contributed by atoms with Gasteiger partial charge in [-0.15, -0.1) is 0 Å².